The largest absolute Gasteiger partial charge is 0.338 e. The van der Waals surface area contributed by atoms with Gasteiger partial charge in [-0.25, -0.2) is 13.5 Å². The zero-order valence-corrected chi connectivity index (χ0v) is 18.8. The monoisotopic (exact) mass is 475 g/mol. The van der Waals surface area contributed by atoms with Gasteiger partial charge in [-0.05, 0) is 61.4 Å². The first-order valence-corrected chi connectivity index (χ1v) is 11.3. The number of carbonyl (C=O) groups is 2. The molecule has 0 radical (unpaired) electrons. The molecule has 3 heterocycles. The molecule has 1 saturated heterocycles. The van der Waals surface area contributed by atoms with Crippen molar-refractivity contribution in [3.05, 3.63) is 96.5 Å². The van der Waals surface area contributed by atoms with Gasteiger partial charge in [0, 0.05) is 25.5 Å². The maximum Gasteiger partial charge on any atom is 0.259 e. The van der Waals surface area contributed by atoms with Crippen molar-refractivity contribution in [3.8, 4) is 11.5 Å². The number of piperidine rings is 1. The lowest BCUT2D eigenvalue weighted by molar-refractivity contribution is -0.121. The number of carbonyl (C=O) groups excluding carboxylic acids is 2. The third kappa shape index (κ3) is 4.57. The van der Waals surface area contributed by atoms with Crippen LogP contribution in [0.4, 0.5) is 14.5 Å². The normalized spacial score (nSPS) is 15.7. The first-order chi connectivity index (χ1) is 17.0. The van der Waals surface area contributed by atoms with Gasteiger partial charge in [-0.3, -0.25) is 9.59 Å². The van der Waals surface area contributed by atoms with E-state index in [1.807, 2.05) is 12.1 Å². The second-order valence-electron chi connectivity index (χ2n) is 8.42. The minimum Gasteiger partial charge on any atom is -0.338 e. The zero-order chi connectivity index (χ0) is 24.4. The van der Waals surface area contributed by atoms with Crippen LogP contribution in [0.1, 0.15) is 23.2 Å². The Morgan fingerprint density at radius 3 is 2.46 bits per heavy atom. The summed E-state index contributed by atoms with van der Waals surface area (Å²) in [7, 11) is 0. The molecule has 1 aliphatic heterocycles. The van der Waals surface area contributed by atoms with E-state index in [-0.39, 0.29) is 29.9 Å². The Morgan fingerprint density at radius 2 is 1.71 bits per heavy atom. The minimum absolute atomic E-state index is 0.122. The molecule has 1 unspecified atom stereocenters. The summed E-state index contributed by atoms with van der Waals surface area (Å²) in [4.78, 5) is 28.1. The summed E-state index contributed by atoms with van der Waals surface area (Å²) in [5.41, 5.74) is 1.09. The number of para-hydroxylation sites is 1. The molecule has 1 atom stereocenters. The number of nitrogens with zero attached hydrogens (tertiary/aromatic N) is 4. The summed E-state index contributed by atoms with van der Waals surface area (Å²) in [5.74, 6) is -1.40. The molecule has 0 aliphatic carbocycles. The highest BCUT2D eigenvalue weighted by atomic mass is 19.1. The van der Waals surface area contributed by atoms with Crippen LogP contribution in [0.5, 0.6) is 0 Å². The first-order valence-electron chi connectivity index (χ1n) is 11.3. The summed E-state index contributed by atoms with van der Waals surface area (Å²) in [6.45, 7) is 0.709. The number of likely N-dealkylation sites (tertiary alicyclic amines) is 1. The average Bonchev–Trinajstić information content (AvgIpc) is 3.55. The molecule has 2 aromatic carbocycles. The molecular weight excluding hydrogens is 452 g/mol. The lowest BCUT2D eigenvalue weighted by Gasteiger charge is -2.32. The van der Waals surface area contributed by atoms with Crippen LogP contribution in [0.3, 0.4) is 0 Å². The Morgan fingerprint density at radius 1 is 0.971 bits per heavy atom. The smallest absolute Gasteiger partial charge is 0.259 e. The molecule has 178 valence electrons. The molecule has 0 saturated carbocycles. The third-order valence-corrected chi connectivity index (χ3v) is 6.11. The van der Waals surface area contributed by atoms with Gasteiger partial charge >= 0.3 is 0 Å². The molecule has 7 nitrogen and oxygen atoms in total. The van der Waals surface area contributed by atoms with Crippen molar-refractivity contribution >= 4 is 17.5 Å². The van der Waals surface area contributed by atoms with Crippen LogP contribution in [0.25, 0.3) is 11.5 Å². The van der Waals surface area contributed by atoms with Gasteiger partial charge in [-0.1, -0.05) is 12.1 Å². The molecule has 1 N–H and O–H groups in total. The number of aromatic nitrogens is 3. The highest BCUT2D eigenvalue weighted by Gasteiger charge is 2.31. The molecule has 9 heteroatoms. The predicted molar refractivity (Wildman–Crippen MR) is 127 cm³/mol. The van der Waals surface area contributed by atoms with Gasteiger partial charge in [0.1, 0.15) is 17.2 Å². The predicted octanol–water partition coefficient (Wildman–Crippen LogP) is 4.43. The van der Waals surface area contributed by atoms with Gasteiger partial charge in [0.2, 0.25) is 5.91 Å². The molecule has 35 heavy (non-hydrogen) atoms. The first kappa shape index (κ1) is 22.5. The Kier molecular flexibility index (Phi) is 6.13. The Balaban J connectivity index is 1.40. The zero-order valence-electron chi connectivity index (χ0n) is 18.8. The summed E-state index contributed by atoms with van der Waals surface area (Å²) in [6.07, 6.45) is 6.34. The lowest BCUT2D eigenvalue weighted by atomic mass is 9.96. The molecule has 1 fully saturated rings. The van der Waals surface area contributed by atoms with Crippen molar-refractivity contribution in [1.29, 1.82) is 0 Å². The number of benzene rings is 2. The number of hydrogen-bond acceptors (Lipinski definition) is 3. The Labute approximate surface area is 200 Å². The number of rotatable bonds is 5. The number of anilines is 1. The maximum absolute atomic E-state index is 14.0. The summed E-state index contributed by atoms with van der Waals surface area (Å²) in [6, 6.07) is 15.5. The van der Waals surface area contributed by atoms with Gasteiger partial charge < -0.3 is 14.8 Å². The van der Waals surface area contributed by atoms with E-state index in [1.54, 1.807) is 50.8 Å². The van der Waals surface area contributed by atoms with Crippen LogP contribution in [0.2, 0.25) is 0 Å². The van der Waals surface area contributed by atoms with Crippen LogP contribution >= 0.6 is 0 Å². The van der Waals surface area contributed by atoms with E-state index < -0.39 is 11.7 Å². The fraction of sp³-hybridized carbons (Fsp3) is 0.192. The molecule has 2 aromatic heterocycles. The fourth-order valence-electron chi connectivity index (χ4n) is 4.33. The van der Waals surface area contributed by atoms with E-state index >= 15 is 0 Å². The highest BCUT2D eigenvalue weighted by molar-refractivity contribution is 5.98. The van der Waals surface area contributed by atoms with Crippen molar-refractivity contribution in [1.82, 2.24) is 19.2 Å². The molecule has 2 amide bonds. The van der Waals surface area contributed by atoms with E-state index in [4.69, 9.17) is 0 Å². The SMILES string of the molecule is O=C(Nc1ccccc1F)C1CCCN(C(=O)c2cnn(-c3ccc(F)cc3)c2-n2cccc2)C1. The quantitative estimate of drug-likeness (QED) is 0.464. The second kappa shape index (κ2) is 9.54. The number of nitrogens with one attached hydrogen (secondary N) is 1. The van der Waals surface area contributed by atoms with Crippen molar-refractivity contribution in [2.75, 3.05) is 18.4 Å². The summed E-state index contributed by atoms with van der Waals surface area (Å²) >= 11 is 0. The summed E-state index contributed by atoms with van der Waals surface area (Å²) < 4.78 is 30.8. The summed E-state index contributed by atoms with van der Waals surface area (Å²) in [5, 5.41) is 7.05. The van der Waals surface area contributed by atoms with Crippen LogP contribution in [0, 0.1) is 17.6 Å². The van der Waals surface area contributed by atoms with E-state index in [2.05, 4.69) is 10.4 Å². The van der Waals surface area contributed by atoms with Gasteiger partial charge in [0.05, 0.1) is 23.5 Å². The standard InChI is InChI=1S/C26H23F2N5O2/c27-19-9-11-20(12-10-19)33-25(31-13-3-4-14-31)21(16-29-33)26(35)32-15-5-6-18(17-32)24(34)30-23-8-2-1-7-22(23)28/h1-4,7-14,16,18H,5-6,15,17H2,(H,30,34). The number of hydrogen-bond donors (Lipinski definition) is 1. The maximum atomic E-state index is 14.0. The van der Waals surface area contributed by atoms with Gasteiger partial charge in [-0.2, -0.15) is 5.10 Å². The molecule has 4 aromatic rings. The van der Waals surface area contributed by atoms with Gasteiger partial charge in [-0.15, -0.1) is 0 Å². The fourth-order valence-corrected chi connectivity index (χ4v) is 4.33. The highest BCUT2D eigenvalue weighted by Crippen LogP contribution is 2.25. The second-order valence-corrected chi connectivity index (χ2v) is 8.42. The van der Waals surface area contributed by atoms with Crippen LogP contribution in [-0.2, 0) is 4.79 Å². The average molecular weight is 475 g/mol. The van der Waals surface area contributed by atoms with E-state index in [0.29, 0.717) is 36.5 Å². The molecule has 0 spiro atoms. The topological polar surface area (TPSA) is 72.2 Å². The Hall–Kier alpha value is -4.27. The molecule has 0 bridgehead atoms. The lowest BCUT2D eigenvalue weighted by Crippen LogP contribution is -2.44. The van der Waals surface area contributed by atoms with Crippen molar-refractivity contribution in [2.45, 2.75) is 12.8 Å². The van der Waals surface area contributed by atoms with Gasteiger partial charge in [0.25, 0.3) is 5.91 Å². The third-order valence-electron chi connectivity index (χ3n) is 6.11. The van der Waals surface area contributed by atoms with Crippen LogP contribution < -0.4 is 5.32 Å². The van der Waals surface area contributed by atoms with Crippen molar-refractivity contribution < 1.29 is 18.4 Å². The van der Waals surface area contributed by atoms with Gasteiger partial charge in [0.15, 0.2) is 5.82 Å². The number of amides is 2. The number of halogens is 2. The van der Waals surface area contributed by atoms with E-state index in [1.165, 1.54) is 30.5 Å². The van der Waals surface area contributed by atoms with Crippen molar-refractivity contribution in [2.24, 2.45) is 5.92 Å². The molecule has 5 rings (SSSR count). The van der Waals surface area contributed by atoms with Crippen LogP contribution in [-0.4, -0.2) is 44.2 Å². The minimum atomic E-state index is -0.505. The molecular formula is C26H23F2N5O2. The van der Waals surface area contributed by atoms with Crippen molar-refractivity contribution in [3.63, 3.8) is 0 Å². The Bertz CT molecular complexity index is 1350. The van der Waals surface area contributed by atoms with Crippen LogP contribution in [0.15, 0.2) is 79.3 Å². The molecule has 1 aliphatic rings. The van der Waals surface area contributed by atoms with E-state index in [0.717, 1.165) is 0 Å². The van der Waals surface area contributed by atoms with E-state index in [9.17, 15) is 18.4 Å².